The average molecular weight is 172 g/mol. The van der Waals surface area contributed by atoms with E-state index in [0.29, 0.717) is 0 Å². The van der Waals surface area contributed by atoms with Crippen molar-refractivity contribution < 1.29 is 4.43 Å². The molecule has 0 amide bonds. The van der Waals surface area contributed by atoms with E-state index in [0.717, 1.165) is 6.61 Å². The largest absolute Gasteiger partial charge is 0.414 e. The fraction of sp³-hybridized carbons (Fsp3) is 0.778. The van der Waals surface area contributed by atoms with Crippen LogP contribution < -0.4 is 0 Å². The normalized spacial score (nSPS) is 12.7. The first kappa shape index (κ1) is 10.9. The molecule has 0 radical (unpaired) electrons. The molecule has 0 aromatic heterocycles. The Kier molecular flexibility index (Phi) is 5.51. The number of unbranched alkanes of at least 4 members (excludes halogenated alkanes) is 1. The van der Waals surface area contributed by atoms with Crippen LogP contribution in [-0.4, -0.2) is 14.9 Å². The molecule has 0 unspecified atom stereocenters. The molecule has 0 aromatic carbocycles. The summed E-state index contributed by atoms with van der Waals surface area (Å²) in [5.74, 6) is 0. The van der Waals surface area contributed by atoms with E-state index in [-0.39, 0.29) is 0 Å². The van der Waals surface area contributed by atoms with E-state index in [1.165, 1.54) is 12.8 Å². The van der Waals surface area contributed by atoms with Crippen molar-refractivity contribution in [1.29, 1.82) is 0 Å². The highest BCUT2D eigenvalue weighted by Gasteiger charge is 2.11. The number of rotatable bonds is 5. The molecule has 0 saturated heterocycles. The van der Waals surface area contributed by atoms with Gasteiger partial charge in [0.05, 0.1) is 6.61 Å². The smallest absolute Gasteiger partial charge is 0.184 e. The second-order valence-electron chi connectivity index (χ2n) is 3.68. The van der Waals surface area contributed by atoms with Crippen molar-refractivity contribution >= 4 is 8.32 Å². The van der Waals surface area contributed by atoms with Gasteiger partial charge in [-0.1, -0.05) is 25.5 Å². The molecule has 0 saturated carbocycles. The van der Waals surface area contributed by atoms with Gasteiger partial charge in [0.2, 0.25) is 0 Å². The van der Waals surface area contributed by atoms with Crippen LogP contribution in [0.2, 0.25) is 19.6 Å². The van der Waals surface area contributed by atoms with E-state index in [4.69, 9.17) is 4.43 Å². The first-order chi connectivity index (χ1) is 5.06. The summed E-state index contributed by atoms with van der Waals surface area (Å²) in [4.78, 5) is 0. The van der Waals surface area contributed by atoms with Crippen molar-refractivity contribution in [3.05, 3.63) is 12.2 Å². The van der Waals surface area contributed by atoms with Crippen molar-refractivity contribution in [3.8, 4) is 0 Å². The van der Waals surface area contributed by atoms with Crippen LogP contribution in [-0.2, 0) is 4.43 Å². The molecule has 0 aliphatic carbocycles. The molecular formula is C9H20OSi. The lowest BCUT2D eigenvalue weighted by atomic mass is 10.3. The van der Waals surface area contributed by atoms with Crippen LogP contribution in [0.3, 0.4) is 0 Å². The summed E-state index contributed by atoms with van der Waals surface area (Å²) < 4.78 is 5.63. The van der Waals surface area contributed by atoms with Gasteiger partial charge in [0.1, 0.15) is 0 Å². The maximum Gasteiger partial charge on any atom is 0.184 e. The molecule has 0 rings (SSSR count). The van der Waals surface area contributed by atoms with Crippen LogP contribution in [0.25, 0.3) is 0 Å². The summed E-state index contributed by atoms with van der Waals surface area (Å²) in [6, 6.07) is 0. The van der Waals surface area contributed by atoms with Crippen molar-refractivity contribution in [3.63, 3.8) is 0 Å². The van der Waals surface area contributed by atoms with Crippen LogP contribution in [0.5, 0.6) is 0 Å². The molecule has 0 spiro atoms. The van der Waals surface area contributed by atoms with Gasteiger partial charge >= 0.3 is 0 Å². The predicted molar refractivity (Wildman–Crippen MR) is 53.3 cm³/mol. The lowest BCUT2D eigenvalue weighted by Gasteiger charge is -2.14. The van der Waals surface area contributed by atoms with Gasteiger partial charge in [0, 0.05) is 0 Å². The Labute approximate surface area is 71.6 Å². The van der Waals surface area contributed by atoms with E-state index in [2.05, 4.69) is 38.7 Å². The molecule has 0 bridgehead atoms. The SMILES string of the molecule is CCC/C=C/CO[Si](C)(C)C. The minimum Gasteiger partial charge on any atom is -0.414 e. The second kappa shape index (κ2) is 5.55. The average Bonchev–Trinajstić information content (AvgIpc) is 1.85. The fourth-order valence-corrected chi connectivity index (χ4v) is 1.25. The molecule has 1 nitrogen and oxygen atoms in total. The first-order valence-electron chi connectivity index (χ1n) is 4.35. The van der Waals surface area contributed by atoms with Gasteiger partial charge in [0.15, 0.2) is 8.32 Å². The minimum atomic E-state index is -1.27. The van der Waals surface area contributed by atoms with Crippen molar-refractivity contribution in [1.82, 2.24) is 0 Å². The Hall–Kier alpha value is -0.0831. The first-order valence-corrected chi connectivity index (χ1v) is 7.76. The zero-order chi connectivity index (χ0) is 8.74. The molecule has 66 valence electrons. The van der Waals surface area contributed by atoms with Gasteiger partial charge < -0.3 is 4.43 Å². The molecule has 0 aliphatic heterocycles. The summed E-state index contributed by atoms with van der Waals surface area (Å²) in [5.41, 5.74) is 0. The number of allylic oxidation sites excluding steroid dienone is 1. The van der Waals surface area contributed by atoms with Crippen molar-refractivity contribution in [2.45, 2.75) is 39.4 Å². The molecule has 0 heterocycles. The van der Waals surface area contributed by atoms with Crippen LogP contribution in [0.4, 0.5) is 0 Å². The minimum absolute atomic E-state index is 0.801. The third-order valence-electron chi connectivity index (χ3n) is 1.23. The van der Waals surface area contributed by atoms with Crippen LogP contribution in [0, 0.1) is 0 Å². The van der Waals surface area contributed by atoms with Crippen molar-refractivity contribution in [2.75, 3.05) is 6.61 Å². The zero-order valence-electron chi connectivity index (χ0n) is 8.18. The van der Waals surface area contributed by atoms with Gasteiger partial charge in [-0.05, 0) is 26.1 Å². The summed E-state index contributed by atoms with van der Waals surface area (Å²) in [7, 11) is -1.27. The van der Waals surface area contributed by atoms with Crippen LogP contribution in [0.15, 0.2) is 12.2 Å². The second-order valence-corrected chi connectivity index (χ2v) is 8.20. The molecule has 0 aromatic rings. The van der Waals surface area contributed by atoms with E-state index in [1.807, 2.05) is 0 Å². The quantitative estimate of drug-likeness (QED) is 0.457. The third kappa shape index (κ3) is 9.92. The van der Waals surface area contributed by atoms with Crippen LogP contribution >= 0.6 is 0 Å². The van der Waals surface area contributed by atoms with E-state index in [9.17, 15) is 0 Å². The van der Waals surface area contributed by atoms with Crippen LogP contribution in [0.1, 0.15) is 19.8 Å². The Morgan fingerprint density at radius 1 is 1.18 bits per heavy atom. The summed E-state index contributed by atoms with van der Waals surface area (Å²) in [6.07, 6.45) is 6.72. The Morgan fingerprint density at radius 3 is 2.27 bits per heavy atom. The highest BCUT2D eigenvalue weighted by atomic mass is 28.4. The maximum atomic E-state index is 5.63. The predicted octanol–water partition coefficient (Wildman–Crippen LogP) is 3.19. The number of hydrogen-bond donors (Lipinski definition) is 0. The van der Waals surface area contributed by atoms with E-state index in [1.54, 1.807) is 0 Å². The Balaban J connectivity index is 3.27. The standard InChI is InChI=1S/C9H20OSi/c1-5-6-7-8-9-10-11(2,3)4/h7-8H,5-6,9H2,1-4H3/b8-7+. The summed E-state index contributed by atoms with van der Waals surface area (Å²) in [6.45, 7) is 9.61. The lowest BCUT2D eigenvalue weighted by molar-refractivity contribution is 0.357. The third-order valence-corrected chi connectivity index (χ3v) is 2.27. The molecule has 0 fully saturated rings. The molecule has 0 N–H and O–H groups in total. The molecule has 11 heavy (non-hydrogen) atoms. The lowest BCUT2D eigenvalue weighted by Crippen LogP contribution is -2.25. The fourth-order valence-electron chi connectivity index (χ4n) is 0.651. The van der Waals surface area contributed by atoms with Gasteiger partial charge in [-0.15, -0.1) is 0 Å². The van der Waals surface area contributed by atoms with E-state index >= 15 is 0 Å². The highest BCUT2D eigenvalue weighted by molar-refractivity contribution is 6.69. The summed E-state index contributed by atoms with van der Waals surface area (Å²) in [5, 5.41) is 0. The number of hydrogen-bond acceptors (Lipinski definition) is 1. The summed E-state index contributed by atoms with van der Waals surface area (Å²) >= 11 is 0. The topological polar surface area (TPSA) is 9.23 Å². The van der Waals surface area contributed by atoms with Gasteiger partial charge in [-0.3, -0.25) is 0 Å². The molecule has 0 aliphatic rings. The van der Waals surface area contributed by atoms with E-state index < -0.39 is 8.32 Å². The Bertz CT molecular complexity index is 113. The zero-order valence-corrected chi connectivity index (χ0v) is 9.18. The molecule has 0 atom stereocenters. The maximum absolute atomic E-state index is 5.63. The van der Waals surface area contributed by atoms with Gasteiger partial charge in [-0.2, -0.15) is 0 Å². The van der Waals surface area contributed by atoms with Gasteiger partial charge in [-0.25, -0.2) is 0 Å². The molecular weight excluding hydrogens is 152 g/mol. The monoisotopic (exact) mass is 172 g/mol. The Morgan fingerprint density at radius 2 is 1.82 bits per heavy atom. The highest BCUT2D eigenvalue weighted by Crippen LogP contribution is 2.01. The van der Waals surface area contributed by atoms with Crippen molar-refractivity contribution in [2.24, 2.45) is 0 Å². The van der Waals surface area contributed by atoms with Gasteiger partial charge in [0.25, 0.3) is 0 Å². The molecule has 2 heteroatoms.